The van der Waals surface area contributed by atoms with Crippen molar-refractivity contribution in [3.05, 3.63) is 24.3 Å². The lowest BCUT2D eigenvalue weighted by atomic mass is 9.96. The van der Waals surface area contributed by atoms with Gasteiger partial charge in [-0.25, -0.2) is 4.79 Å². The number of urea groups is 1. The molecule has 1 aliphatic rings. The Morgan fingerprint density at radius 3 is 2.73 bits per heavy atom. The fourth-order valence-corrected chi connectivity index (χ4v) is 2.57. The smallest absolute Gasteiger partial charge is 0.315 e. The van der Waals surface area contributed by atoms with E-state index in [0.717, 1.165) is 0 Å². The van der Waals surface area contributed by atoms with Gasteiger partial charge in [-0.3, -0.25) is 14.4 Å². The van der Waals surface area contributed by atoms with Gasteiger partial charge >= 0.3 is 6.03 Å². The Morgan fingerprint density at radius 1 is 1.35 bits per heavy atom. The number of carbonyl (C=O) groups excluding carboxylic acids is 4. The van der Waals surface area contributed by atoms with Crippen LogP contribution in [0.2, 0.25) is 0 Å². The van der Waals surface area contributed by atoms with Crippen LogP contribution in [0, 0.1) is 5.92 Å². The van der Waals surface area contributed by atoms with Crippen molar-refractivity contribution in [3.63, 3.8) is 0 Å². The third-order valence-electron chi connectivity index (χ3n) is 3.75. The topological polar surface area (TPSA) is 116 Å². The molecular weight excluding hydrogens is 356 g/mol. The SMILES string of the molecule is CNC(=O)NC(CS)C(=O)C[C@H]1/C=C/CCNC(=O)/C=C/[C@H](C)NC1=O. The minimum absolute atomic E-state index is 0.0552. The van der Waals surface area contributed by atoms with Crippen LogP contribution in [0.15, 0.2) is 24.3 Å². The van der Waals surface area contributed by atoms with Gasteiger partial charge in [-0.15, -0.1) is 0 Å². The van der Waals surface area contributed by atoms with Crippen LogP contribution in [-0.4, -0.2) is 55.1 Å². The summed E-state index contributed by atoms with van der Waals surface area (Å²) in [6.45, 7) is 2.17. The molecule has 1 rings (SSSR count). The van der Waals surface area contributed by atoms with E-state index < -0.39 is 18.0 Å². The molecule has 0 aromatic carbocycles. The van der Waals surface area contributed by atoms with Gasteiger partial charge in [0.05, 0.1) is 12.0 Å². The molecule has 0 bridgehead atoms. The molecule has 0 aromatic rings. The van der Waals surface area contributed by atoms with E-state index in [4.69, 9.17) is 0 Å². The highest BCUT2D eigenvalue weighted by molar-refractivity contribution is 7.80. The Kier molecular flexibility index (Phi) is 9.50. The Labute approximate surface area is 158 Å². The molecule has 0 radical (unpaired) electrons. The quantitative estimate of drug-likeness (QED) is 0.338. The zero-order valence-electron chi connectivity index (χ0n) is 15.0. The molecule has 1 aliphatic heterocycles. The van der Waals surface area contributed by atoms with Crippen molar-refractivity contribution in [1.29, 1.82) is 0 Å². The summed E-state index contributed by atoms with van der Waals surface area (Å²) in [7, 11) is 1.45. The minimum atomic E-state index is -0.780. The maximum Gasteiger partial charge on any atom is 0.315 e. The summed E-state index contributed by atoms with van der Waals surface area (Å²) in [5, 5.41) is 10.4. The van der Waals surface area contributed by atoms with Gasteiger partial charge in [-0.05, 0) is 13.3 Å². The number of ketones is 1. The van der Waals surface area contributed by atoms with Crippen molar-refractivity contribution < 1.29 is 19.2 Å². The van der Waals surface area contributed by atoms with E-state index in [9.17, 15) is 19.2 Å². The van der Waals surface area contributed by atoms with Gasteiger partial charge in [-0.1, -0.05) is 18.2 Å². The highest BCUT2D eigenvalue weighted by Crippen LogP contribution is 2.11. The van der Waals surface area contributed by atoms with Gasteiger partial charge in [-0.2, -0.15) is 12.6 Å². The normalized spacial score (nSPS) is 24.7. The first-order chi connectivity index (χ1) is 12.4. The van der Waals surface area contributed by atoms with E-state index in [1.807, 2.05) is 0 Å². The van der Waals surface area contributed by atoms with Crippen LogP contribution < -0.4 is 21.3 Å². The Balaban J connectivity index is 2.83. The molecule has 26 heavy (non-hydrogen) atoms. The largest absolute Gasteiger partial charge is 0.352 e. The van der Waals surface area contributed by atoms with Crippen molar-refractivity contribution >= 4 is 36.3 Å². The third kappa shape index (κ3) is 7.73. The van der Waals surface area contributed by atoms with E-state index in [2.05, 4.69) is 33.9 Å². The maximum atomic E-state index is 12.5. The van der Waals surface area contributed by atoms with Crippen molar-refractivity contribution in [3.8, 4) is 0 Å². The highest BCUT2D eigenvalue weighted by atomic mass is 32.1. The first-order valence-corrected chi connectivity index (χ1v) is 9.05. The van der Waals surface area contributed by atoms with Gasteiger partial charge in [0, 0.05) is 37.9 Å². The van der Waals surface area contributed by atoms with Crippen LogP contribution in [0.4, 0.5) is 4.79 Å². The van der Waals surface area contributed by atoms with E-state index >= 15 is 0 Å². The van der Waals surface area contributed by atoms with Crippen LogP contribution in [0.3, 0.4) is 0 Å². The van der Waals surface area contributed by atoms with E-state index in [-0.39, 0.29) is 35.8 Å². The van der Waals surface area contributed by atoms with Crippen LogP contribution in [-0.2, 0) is 14.4 Å². The molecule has 0 spiro atoms. The summed E-state index contributed by atoms with van der Waals surface area (Å²) < 4.78 is 0. The van der Waals surface area contributed by atoms with Gasteiger partial charge in [0.1, 0.15) is 0 Å². The van der Waals surface area contributed by atoms with E-state index in [0.29, 0.717) is 13.0 Å². The molecule has 0 fully saturated rings. The molecule has 144 valence electrons. The molecule has 1 unspecified atom stereocenters. The Bertz CT molecular complexity index is 591. The van der Waals surface area contributed by atoms with Crippen molar-refractivity contribution in [2.75, 3.05) is 19.3 Å². The molecule has 4 N–H and O–H groups in total. The predicted octanol–water partition coefficient (Wildman–Crippen LogP) is -0.0738. The van der Waals surface area contributed by atoms with Crippen molar-refractivity contribution in [2.45, 2.75) is 31.8 Å². The number of amides is 4. The second-order valence-electron chi connectivity index (χ2n) is 5.90. The summed E-state index contributed by atoms with van der Waals surface area (Å²) >= 11 is 4.10. The maximum absolute atomic E-state index is 12.5. The average molecular weight is 382 g/mol. The van der Waals surface area contributed by atoms with Crippen LogP contribution in [0.25, 0.3) is 0 Å². The second-order valence-corrected chi connectivity index (χ2v) is 6.26. The monoisotopic (exact) mass is 382 g/mol. The lowest BCUT2D eigenvalue weighted by molar-refractivity contribution is -0.128. The van der Waals surface area contributed by atoms with Gasteiger partial charge < -0.3 is 21.3 Å². The molecule has 8 nitrogen and oxygen atoms in total. The fraction of sp³-hybridized carbons (Fsp3) is 0.529. The first kappa shape index (κ1) is 21.8. The molecule has 1 heterocycles. The zero-order chi connectivity index (χ0) is 19.5. The van der Waals surface area contributed by atoms with Crippen molar-refractivity contribution in [1.82, 2.24) is 21.3 Å². The molecule has 0 saturated carbocycles. The zero-order valence-corrected chi connectivity index (χ0v) is 15.8. The molecule has 9 heteroatoms. The Hall–Kier alpha value is -2.29. The second kappa shape index (κ2) is 11.3. The van der Waals surface area contributed by atoms with Crippen LogP contribution >= 0.6 is 12.6 Å². The highest BCUT2D eigenvalue weighted by Gasteiger charge is 2.25. The molecule has 3 atom stereocenters. The molecule has 4 amide bonds. The Morgan fingerprint density at radius 2 is 2.08 bits per heavy atom. The lowest BCUT2D eigenvalue weighted by Crippen LogP contribution is -2.47. The van der Waals surface area contributed by atoms with E-state index in [1.54, 1.807) is 25.2 Å². The molecule has 0 aliphatic carbocycles. The molecular formula is C17H26N4O4S. The van der Waals surface area contributed by atoms with E-state index in [1.165, 1.54) is 13.1 Å². The molecule has 0 saturated heterocycles. The minimum Gasteiger partial charge on any atom is -0.352 e. The predicted molar refractivity (Wildman–Crippen MR) is 102 cm³/mol. The number of carbonyl (C=O) groups is 4. The number of Topliss-reactive ketones (excluding diaryl/α,β-unsaturated/α-hetero) is 1. The fourth-order valence-electron chi connectivity index (χ4n) is 2.27. The van der Waals surface area contributed by atoms with Crippen molar-refractivity contribution in [2.24, 2.45) is 5.92 Å². The number of rotatable bonds is 5. The summed E-state index contributed by atoms with van der Waals surface area (Å²) in [5.41, 5.74) is 0. The first-order valence-electron chi connectivity index (χ1n) is 8.42. The summed E-state index contributed by atoms with van der Waals surface area (Å²) in [5.74, 6) is -1.34. The standard InChI is InChI=1S/C17H26N4O4S/c1-11-6-7-15(23)19-8-4-3-5-12(16(24)20-11)9-14(22)13(10-26)21-17(25)18-2/h3,5-7,11-13,26H,4,8-10H2,1-2H3,(H,19,23)(H,20,24)(H2,18,21,25)/b5-3+,7-6+/t11-,12+,13?/m0/s1. The molecule has 0 aromatic heterocycles. The van der Waals surface area contributed by atoms with Crippen LogP contribution in [0.1, 0.15) is 19.8 Å². The van der Waals surface area contributed by atoms with Gasteiger partial charge in [0.25, 0.3) is 0 Å². The van der Waals surface area contributed by atoms with Gasteiger partial charge in [0.15, 0.2) is 5.78 Å². The summed E-state index contributed by atoms with van der Waals surface area (Å²) in [4.78, 5) is 47.9. The number of nitrogens with one attached hydrogen (secondary N) is 4. The lowest BCUT2D eigenvalue weighted by Gasteiger charge is -2.20. The number of hydrogen-bond donors (Lipinski definition) is 5. The average Bonchev–Trinajstić information content (AvgIpc) is 2.61. The van der Waals surface area contributed by atoms with Gasteiger partial charge in [0.2, 0.25) is 11.8 Å². The number of thiol groups is 1. The summed E-state index contributed by atoms with van der Waals surface area (Å²) in [6.07, 6.45) is 6.87. The summed E-state index contributed by atoms with van der Waals surface area (Å²) in [6, 6.07) is -1.62. The number of hydrogen-bond acceptors (Lipinski definition) is 5. The third-order valence-corrected chi connectivity index (χ3v) is 4.11. The van der Waals surface area contributed by atoms with Crippen LogP contribution in [0.5, 0.6) is 0 Å².